The SMILES string of the molecule is Nc1nc(-c2ccccc2)cc(-c2cccc(Br)c2)n1. The lowest BCUT2D eigenvalue weighted by Crippen LogP contribution is -1.98. The Morgan fingerprint density at radius 2 is 1.40 bits per heavy atom. The van der Waals surface area contributed by atoms with E-state index in [1.165, 1.54) is 0 Å². The predicted molar refractivity (Wildman–Crippen MR) is 85.0 cm³/mol. The summed E-state index contributed by atoms with van der Waals surface area (Å²) in [5, 5.41) is 0. The highest BCUT2D eigenvalue weighted by Gasteiger charge is 2.07. The monoisotopic (exact) mass is 325 g/mol. The number of nitrogen functional groups attached to an aromatic ring is 1. The van der Waals surface area contributed by atoms with Crippen molar-refractivity contribution in [3.63, 3.8) is 0 Å². The van der Waals surface area contributed by atoms with Gasteiger partial charge in [-0.05, 0) is 18.2 Å². The number of hydrogen-bond donors (Lipinski definition) is 1. The van der Waals surface area contributed by atoms with Crippen LogP contribution in [-0.2, 0) is 0 Å². The van der Waals surface area contributed by atoms with E-state index in [2.05, 4.69) is 25.9 Å². The second-order valence-corrected chi connectivity index (χ2v) is 5.29. The van der Waals surface area contributed by atoms with Crippen molar-refractivity contribution in [1.29, 1.82) is 0 Å². The number of anilines is 1. The Morgan fingerprint density at radius 3 is 2.10 bits per heavy atom. The van der Waals surface area contributed by atoms with Crippen LogP contribution in [0, 0.1) is 0 Å². The van der Waals surface area contributed by atoms with Crippen molar-refractivity contribution >= 4 is 21.9 Å². The largest absolute Gasteiger partial charge is 0.368 e. The van der Waals surface area contributed by atoms with Crippen LogP contribution in [0.2, 0.25) is 0 Å². The first kappa shape index (κ1) is 12.8. The van der Waals surface area contributed by atoms with Crippen LogP contribution in [0.25, 0.3) is 22.5 Å². The fourth-order valence-electron chi connectivity index (χ4n) is 2.02. The molecule has 3 aromatic rings. The average Bonchev–Trinajstić information content (AvgIpc) is 2.47. The van der Waals surface area contributed by atoms with E-state index in [-0.39, 0.29) is 5.95 Å². The standard InChI is InChI=1S/C16H12BrN3/c17-13-8-4-7-12(9-13)15-10-14(19-16(18)20-15)11-5-2-1-3-6-11/h1-10H,(H2,18,19,20). The molecule has 4 heteroatoms. The van der Waals surface area contributed by atoms with Gasteiger partial charge in [0.2, 0.25) is 5.95 Å². The van der Waals surface area contributed by atoms with Gasteiger partial charge in [0.05, 0.1) is 11.4 Å². The van der Waals surface area contributed by atoms with Gasteiger partial charge in [0.1, 0.15) is 0 Å². The molecule has 1 heterocycles. The first-order valence-electron chi connectivity index (χ1n) is 6.18. The predicted octanol–water partition coefficient (Wildman–Crippen LogP) is 4.16. The second kappa shape index (κ2) is 5.43. The number of nitrogens with zero attached hydrogens (tertiary/aromatic N) is 2. The van der Waals surface area contributed by atoms with Gasteiger partial charge in [-0.15, -0.1) is 0 Å². The molecule has 0 amide bonds. The summed E-state index contributed by atoms with van der Waals surface area (Å²) < 4.78 is 1.01. The van der Waals surface area contributed by atoms with E-state index in [0.717, 1.165) is 27.0 Å². The maximum atomic E-state index is 5.84. The molecule has 0 saturated heterocycles. The average molecular weight is 326 g/mol. The Kier molecular flexibility index (Phi) is 3.48. The molecule has 3 rings (SSSR count). The van der Waals surface area contributed by atoms with Crippen LogP contribution in [0.15, 0.2) is 65.1 Å². The van der Waals surface area contributed by atoms with E-state index in [1.807, 2.05) is 60.7 Å². The van der Waals surface area contributed by atoms with Crippen LogP contribution in [0.3, 0.4) is 0 Å². The van der Waals surface area contributed by atoms with Crippen LogP contribution >= 0.6 is 15.9 Å². The molecule has 1 aromatic heterocycles. The fraction of sp³-hybridized carbons (Fsp3) is 0. The molecule has 0 bridgehead atoms. The molecule has 2 N–H and O–H groups in total. The van der Waals surface area contributed by atoms with E-state index in [4.69, 9.17) is 5.73 Å². The third kappa shape index (κ3) is 2.70. The Balaban J connectivity index is 2.12. The molecular weight excluding hydrogens is 314 g/mol. The first-order valence-corrected chi connectivity index (χ1v) is 6.97. The number of aromatic nitrogens is 2. The molecule has 0 radical (unpaired) electrons. The molecule has 3 nitrogen and oxygen atoms in total. The van der Waals surface area contributed by atoms with E-state index in [1.54, 1.807) is 0 Å². The van der Waals surface area contributed by atoms with E-state index >= 15 is 0 Å². The molecule has 20 heavy (non-hydrogen) atoms. The van der Waals surface area contributed by atoms with Gasteiger partial charge < -0.3 is 5.73 Å². The molecule has 0 aliphatic heterocycles. The van der Waals surface area contributed by atoms with Crippen LogP contribution in [0.4, 0.5) is 5.95 Å². The van der Waals surface area contributed by atoms with E-state index in [0.29, 0.717) is 0 Å². The smallest absolute Gasteiger partial charge is 0.221 e. The van der Waals surface area contributed by atoms with E-state index < -0.39 is 0 Å². The molecule has 98 valence electrons. The van der Waals surface area contributed by atoms with Gasteiger partial charge >= 0.3 is 0 Å². The minimum Gasteiger partial charge on any atom is -0.368 e. The van der Waals surface area contributed by atoms with Crippen molar-refractivity contribution in [3.05, 3.63) is 65.1 Å². The maximum Gasteiger partial charge on any atom is 0.221 e. The molecule has 0 atom stereocenters. The normalized spacial score (nSPS) is 10.4. The summed E-state index contributed by atoms with van der Waals surface area (Å²) in [5.41, 5.74) is 9.51. The number of hydrogen-bond acceptors (Lipinski definition) is 3. The third-order valence-electron chi connectivity index (χ3n) is 2.93. The molecule has 0 saturated carbocycles. The Bertz CT molecular complexity index is 742. The van der Waals surface area contributed by atoms with Crippen molar-refractivity contribution in [2.24, 2.45) is 0 Å². The minimum absolute atomic E-state index is 0.279. The van der Waals surface area contributed by atoms with Gasteiger partial charge in [0.25, 0.3) is 0 Å². The molecular formula is C16H12BrN3. The van der Waals surface area contributed by atoms with Gasteiger partial charge in [0, 0.05) is 15.6 Å². The summed E-state index contributed by atoms with van der Waals surface area (Å²) in [5.74, 6) is 0.279. The number of benzene rings is 2. The van der Waals surface area contributed by atoms with Crippen molar-refractivity contribution < 1.29 is 0 Å². The summed E-state index contributed by atoms with van der Waals surface area (Å²) in [6.45, 7) is 0. The van der Waals surface area contributed by atoms with Crippen molar-refractivity contribution in [3.8, 4) is 22.5 Å². The summed E-state index contributed by atoms with van der Waals surface area (Å²) in [6.07, 6.45) is 0. The Labute approximate surface area is 125 Å². The lowest BCUT2D eigenvalue weighted by Gasteiger charge is -2.06. The molecule has 0 aliphatic carbocycles. The molecule has 0 fully saturated rings. The van der Waals surface area contributed by atoms with Gasteiger partial charge in [0.15, 0.2) is 0 Å². The maximum absolute atomic E-state index is 5.84. The zero-order chi connectivity index (χ0) is 13.9. The highest BCUT2D eigenvalue weighted by molar-refractivity contribution is 9.10. The second-order valence-electron chi connectivity index (χ2n) is 4.37. The Hall–Kier alpha value is -2.20. The molecule has 0 unspecified atom stereocenters. The van der Waals surface area contributed by atoms with Gasteiger partial charge in [-0.3, -0.25) is 0 Å². The first-order chi connectivity index (χ1) is 9.72. The zero-order valence-electron chi connectivity index (χ0n) is 10.6. The summed E-state index contributed by atoms with van der Waals surface area (Å²) >= 11 is 3.47. The van der Waals surface area contributed by atoms with Crippen molar-refractivity contribution in [1.82, 2.24) is 9.97 Å². The summed E-state index contributed by atoms with van der Waals surface area (Å²) in [4.78, 5) is 8.62. The van der Waals surface area contributed by atoms with Crippen molar-refractivity contribution in [2.45, 2.75) is 0 Å². The Morgan fingerprint density at radius 1 is 0.750 bits per heavy atom. The summed E-state index contributed by atoms with van der Waals surface area (Å²) in [7, 11) is 0. The highest BCUT2D eigenvalue weighted by atomic mass is 79.9. The van der Waals surface area contributed by atoms with Crippen molar-refractivity contribution in [2.75, 3.05) is 5.73 Å². The van der Waals surface area contributed by atoms with Crippen LogP contribution < -0.4 is 5.73 Å². The number of halogens is 1. The molecule has 2 aromatic carbocycles. The van der Waals surface area contributed by atoms with Crippen LogP contribution in [0.1, 0.15) is 0 Å². The van der Waals surface area contributed by atoms with Gasteiger partial charge in [-0.1, -0.05) is 58.4 Å². The quantitative estimate of drug-likeness (QED) is 0.769. The minimum atomic E-state index is 0.279. The topological polar surface area (TPSA) is 51.8 Å². The molecule has 0 spiro atoms. The third-order valence-corrected chi connectivity index (χ3v) is 3.43. The van der Waals surface area contributed by atoms with Crippen LogP contribution in [0.5, 0.6) is 0 Å². The summed E-state index contributed by atoms with van der Waals surface area (Å²) in [6, 6.07) is 19.9. The van der Waals surface area contributed by atoms with Gasteiger partial charge in [-0.25, -0.2) is 9.97 Å². The molecule has 0 aliphatic rings. The highest BCUT2D eigenvalue weighted by Crippen LogP contribution is 2.26. The number of rotatable bonds is 2. The lowest BCUT2D eigenvalue weighted by molar-refractivity contribution is 1.19. The van der Waals surface area contributed by atoms with E-state index in [9.17, 15) is 0 Å². The van der Waals surface area contributed by atoms with Crippen LogP contribution in [-0.4, -0.2) is 9.97 Å². The lowest BCUT2D eigenvalue weighted by atomic mass is 10.1. The number of nitrogens with two attached hydrogens (primary N) is 1. The zero-order valence-corrected chi connectivity index (χ0v) is 12.2. The fourth-order valence-corrected chi connectivity index (χ4v) is 2.42. The van der Waals surface area contributed by atoms with Gasteiger partial charge in [-0.2, -0.15) is 0 Å².